The summed E-state index contributed by atoms with van der Waals surface area (Å²) in [5.74, 6) is 0.319. The smallest absolute Gasteiger partial charge is 0.241 e. The average Bonchev–Trinajstić information content (AvgIpc) is 2.67. The number of nitrogens with one attached hydrogen (secondary N) is 2. The molecule has 0 aromatic heterocycles. The molecule has 0 spiro atoms. The largest absolute Gasteiger partial charge is 0.493 e. The predicted octanol–water partition coefficient (Wildman–Crippen LogP) is 2.12. The molecule has 28 heavy (non-hydrogen) atoms. The van der Waals surface area contributed by atoms with Gasteiger partial charge in [-0.05, 0) is 38.0 Å². The fourth-order valence-corrected chi connectivity index (χ4v) is 3.87. The Balaban J connectivity index is 2.31. The summed E-state index contributed by atoms with van der Waals surface area (Å²) in [6, 6.07) is 12.4. The van der Waals surface area contributed by atoms with Crippen LogP contribution in [0.25, 0.3) is 0 Å². The highest BCUT2D eigenvalue weighted by atomic mass is 32.2. The van der Waals surface area contributed by atoms with Crippen LogP contribution in [0.2, 0.25) is 0 Å². The van der Waals surface area contributed by atoms with E-state index in [1.807, 2.05) is 44.2 Å². The molecule has 0 fully saturated rings. The van der Waals surface area contributed by atoms with Crippen molar-refractivity contribution in [2.24, 2.45) is 0 Å². The first-order chi connectivity index (χ1) is 13.3. The Bertz CT molecular complexity index is 898. The van der Waals surface area contributed by atoms with Crippen LogP contribution >= 0.6 is 0 Å². The summed E-state index contributed by atoms with van der Waals surface area (Å²) >= 11 is 0. The van der Waals surface area contributed by atoms with Gasteiger partial charge in [-0.15, -0.1) is 0 Å². The number of carbonyl (C=O) groups is 1. The fourth-order valence-electron chi connectivity index (χ4n) is 2.66. The molecule has 2 aromatic carbocycles. The number of hydrogen-bond acceptors (Lipinski definition) is 5. The van der Waals surface area contributed by atoms with Crippen molar-refractivity contribution >= 4 is 15.9 Å². The number of methoxy groups -OCH3 is 2. The first kappa shape index (κ1) is 21.7. The third kappa shape index (κ3) is 5.71. The molecule has 0 aliphatic rings. The summed E-state index contributed by atoms with van der Waals surface area (Å²) in [4.78, 5) is 12.6. The monoisotopic (exact) mass is 406 g/mol. The van der Waals surface area contributed by atoms with Crippen LogP contribution in [-0.2, 0) is 21.2 Å². The van der Waals surface area contributed by atoms with E-state index in [2.05, 4.69) is 10.0 Å². The van der Waals surface area contributed by atoms with Crippen molar-refractivity contribution in [1.82, 2.24) is 10.0 Å². The van der Waals surface area contributed by atoms with Gasteiger partial charge >= 0.3 is 0 Å². The standard InChI is InChI=1S/C20H26N2O5S/c1-14(2)21-20(23)17(12-15-8-6-5-7-9-15)22-28(24,25)16-10-11-18(26-3)19(13-16)27-4/h5-11,13-14,17,22H,12H2,1-4H3,(H,21,23)/t17-/m0/s1. The molecule has 0 aliphatic heterocycles. The minimum Gasteiger partial charge on any atom is -0.493 e. The lowest BCUT2D eigenvalue weighted by molar-refractivity contribution is -0.123. The summed E-state index contributed by atoms with van der Waals surface area (Å²) < 4.78 is 38.6. The van der Waals surface area contributed by atoms with Crippen molar-refractivity contribution in [2.75, 3.05) is 14.2 Å². The zero-order valence-electron chi connectivity index (χ0n) is 16.4. The number of hydrogen-bond donors (Lipinski definition) is 2. The average molecular weight is 407 g/mol. The van der Waals surface area contributed by atoms with Crippen LogP contribution in [0, 0.1) is 0 Å². The Morgan fingerprint density at radius 1 is 1.00 bits per heavy atom. The molecule has 0 radical (unpaired) electrons. The molecule has 8 heteroatoms. The van der Waals surface area contributed by atoms with E-state index >= 15 is 0 Å². The lowest BCUT2D eigenvalue weighted by atomic mass is 10.1. The number of ether oxygens (including phenoxy) is 2. The predicted molar refractivity (Wildman–Crippen MR) is 107 cm³/mol. The molecule has 1 amide bonds. The second-order valence-corrected chi connectivity index (χ2v) is 8.26. The zero-order chi connectivity index (χ0) is 20.7. The van der Waals surface area contributed by atoms with Crippen molar-refractivity contribution in [3.05, 3.63) is 54.1 Å². The molecule has 2 N–H and O–H groups in total. The number of benzene rings is 2. The van der Waals surface area contributed by atoms with Gasteiger partial charge in [0.15, 0.2) is 11.5 Å². The van der Waals surface area contributed by atoms with E-state index < -0.39 is 16.1 Å². The molecule has 0 saturated carbocycles. The number of carbonyl (C=O) groups excluding carboxylic acids is 1. The second kappa shape index (κ2) is 9.57. The third-order valence-electron chi connectivity index (χ3n) is 3.99. The molecule has 1 atom stereocenters. The topological polar surface area (TPSA) is 93.7 Å². The Morgan fingerprint density at radius 2 is 1.64 bits per heavy atom. The van der Waals surface area contributed by atoms with E-state index in [0.717, 1.165) is 5.56 Å². The van der Waals surface area contributed by atoms with E-state index in [-0.39, 0.29) is 29.0 Å². The Labute approximate surface area is 166 Å². The van der Waals surface area contributed by atoms with E-state index in [1.54, 1.807) is 0 Å². The van der Waals surface area contributed by atoms with Gasteiger partial charge in [-0.3, -0.25) is 4.79 Å². The van der Waals surface area contributed by atoms with Crippen LogP contribution in [-0.4, -0.2) is 40.6 Å². The summed E-state index contributed by atoms with van der Waals surface area (Å²) in [6.07, 6.45) is 0.228. The van der Waals surface area contributed by atoms with Gasteiger partial charge in [0.2, 0.25) is 15.9 Å². The van der Waals surface area contributed by atoms with Crippen LogP contribution in [0.5, 0.6) is 11.5 Å². The molecule has 0 bridgehead atoms. The van der Waals surface area contributed by atoms with Gasteiger partial charge < -0.3 is 14.8 Å². The second-order valence-electron chi connectivity index (χ2n) is 6.54. The highest BCUT2D eigenvalue weighted by molar-refractivity contribution is 7.89. The molecule has 152 valence electrons. The van der Waals surface area contributed by atoms with E-state index in [0.29, 0.717) is 5.75 Å². The highest BCUT2D eigenvalue weighted by Gasteiger charge is 2.27. The van der Waals surface area contributed by atoms with E-state index in [4.69, 9.17) is 9.47 Å². The van der Waals surface area contributed by atoms with Crippen LogP contribution in [0.1, 0.15) is 19.4 Å². The molecule has 0 aliphatic carbocycles. The molecular formula is C20H26N2O5S. The highest BCUT2D eigenvalue weighted by Crippen LogP contribution is 2.29. The summed E-state index contributed by atoms with van der Waals surface area (Å²) in [6.45, 7) is 3.64. The Morgan fingerprint density at radius 3 is 2.21 bits per heavy atom. The van der Waals surface area contributed by atoms with Gasteiger partial charge in [0.25, 0.3) is 0 Å². The molecule has 0 heterocycles. The van der Waals surface area contributed by atoms with E-state index in [1.165, 1.54) is 32.4 Å². The van der Waals surface area contributed by atoms with Crippen molar-refractivity contribution in [3.63, 3.8) is 0 Å². The molecule has 7 nitrogen and oxygen atoms in total. The summed E-state index contributed by atoms with van der Waals surface area (Å²) in [5, 5.41) is 2.77. The SMILES string of the molecule is COc1ccc(S(=O)(=O)N[C@@H](Cc2ccccc2)C(=O)NC(C)C)cc1OC. The van der Waals surface area contributed by atoms with Gasteiger partial charge in [-0.1, -0.05) is 30.3 Å². The van der Waals surface area contributed by atoms with Crippen molar-refractivity contribution in [3.8, 4) is 11.5 Å². The van der Waals surface area contributed by atoms with Gasteiger partial charge in [-0.25, -0.2) is 8.42 Å². The maximum atomic E-state index is 12.9. The number of amides is 1. The van der Waals surface area contributed by atoms with Crippen molar-refractivity contribution < 1.29 is 22.7 Å². The van der Waals surface area contributed by atoms with Crippen LogP contribution in [0.3, 0.4) is 0 Å². The first-order valence-corrected chi connectivity index (χ1v) is 10.3. The lowest BCUT2D eigenvalue weighted by Crippen LogP contribution is -2.49. The minimum absolute atomic E-state index is 0.0134. The maximum Gasteiger partial charge on any atom is 0.241 e. The Kier molecular flexibility index (Phi) is 7.42. The van der Waals surface area contributed by atoms with Crippen molar-refractivity contribution in [1.29, 1.82) is 0 Å². The zero-order valence-corrected chi connectivity index (χ0v) is 17.2. The minimum atomic E-state index is -3.96. The maximum absolute atomic E-state index is 12.9. The lowest BCUT2D eigenvalue weighted by Gasteiger charge is -2.20. The molecular weight excluding hydrogens is 380 g/mol. The fraction of sp³-hybridized carbons (Fsp3) is 0.350. The molecule has 2 aromatic rings. The van der Waals surface area contributed by atoms with Gasteiger partial charge in [0.05, 0.1) is 19.1 Å². The van der Waals surface area contributed by atoms with Crippen LogP contribution < -0.4 is 19.5 Å². The first-order valence-electron chi connectivity index (χ1n) is 8.85. The number of rotatable bonds is 9. The molecule has 2 rings (SSSR count). The summed E-state index contributed by atoms with van der Waals surface area (Å²) in [7, 11) is -1.07. The summed E-state index contributed by atoms with van der Waals surface area (Å²) in [5.41, 5.74) is 0.849. The number of sulfonamides is 1. The Hall–Kier alpha value is -2.58. The van der Waals surface area contributed by atoms with E-state index in [9.17, 15) is 13.2 Å². The molecule has 0 saturated heterocycles. The van der Waals surface area contributed by atoms with Crippen LogP contribution in [0.15, 0.2) is 53.4 Å². The molecule has 0 unspecified atom stereocenters. The quantitative estimate of drug-likeness (QED) is 0.665. The van der Waals surface area contributed by atoms with Crippen LogP contribution in [0.4, 0.5) is 0 Å². The van der Waals surface area contributed by atoms with Gasteiger partial charge in [0.1, 0.15) is 6.04 Å². The third-order valence-corrected chi connectivity index (χ3v) is 5.46. The van der Waals surface area contributed by atoms with Gasteiger partial charge in [-0.2, -0.15) is 4.72 Å². The normalized spacial score (nSPS) is 12.5. The van der Waals surface area contributed by atoms with Crippen molar-refractivity contribution in [2.45, 2.75) is 37.2 Å². The van der Waals surface area contributed by atoms with Gasteiger partial charge in [0, 0.05) is 12.1 Å².